The molecule has 2 aliphatic heterocycles. The van der Waals surface area contributed by atoms with Crippen LogP contribution in [0.15, 0.2) is 0 Å². The minimum absolute atomic E-state index is 0.203. The lowest BCUT2D eigenvalue weighted by atomic mass is 9.97. The number of rotatable bonds is 48. The van der Waals surface area contributed by atoms with Gasteiger partial charge in [0.1, 0.15) is 48.8 Å². The first-order chi connectivity index (χ1) is 34.6. The van der Waals surface area contributed by atoms with E-state index in [9.17, 15) is 45.6 Å². The van der Waals surface area contributed by atoms with Crippen molar-refractivity contribution in [3.05, 3.63) is 0 Å². The molecule has 14 nitrogen and oxygen atoms in total. The number of aliphatic hydroxyl groups excluding tert-OH is 8. The first-order valence-electron chi connectivity index (χ1n) is 29.8. The molecule has 0 spiro atoms. The number of nitrogens with one attached hydrogen (secondary N) is 1. The van der Waals surface area contributed by atoms with Gasteiger partial charge in [-0.05, 0) is 12.8 Å². The fraction of sp³-hybridized carbons (Fsp3) is 0.982. The van der Waals surface area contributed by atoms with Gasteiger partial charge in [-0.3, -0.25) is 4.79 Å². The highest BCUT2D eigenvalue weighted by molar-refractivity contribution is 5.76. The van der Waals surface area contributed by atoms with Gasteiger partial charge in [-0.15, -0.1) is 0 Å². The van der Waals surface area contributed by atoms with Gasteiger partial charge in [-0.2, -0.15) is 0 Å². The molecule has 1 amide bonds. The fourth-order valence-corrected chi connectivity index (χ4v) is 10.2. The minimum atomic E-state index is -1.78. The summed E-state index contributed by atoms with van der Waals surface area (Å²) in [6.07, 6.45) is 31.4. The van der Waals surface area contributed by atoms with Crippen molar-refractivity contribution in [2.75, 3.05) is 19.8 Å². The van der Waals surface area contributed by atoms with Gasteiger partial charge in [0.2, 0.25) is 5.91 Å². The molecule has 2 aliphatic rings. The van der Waals surface area contributed by atoms with E-state index < -0.39 is 86.8 Å². The maximum atomic E-state index is 13.2. The SMILES string of the molecule is CCCCCCCCCCCCCCCCCCCCCCCCCCCCCCC(=O)NC(COC1OC(CO)C(OC2OC(CO)C(O)C(O)C2O)C(O)C1O)C(O)CCCCCCCCCCC. The van der Waals surface area contributed by atoms with Gasteiger partial charge in [0, 0.05) is 6.42 Å². The Morgan fingerprint density at radius 1 is 0.451 bits per heavy atom. The van der Waals surface area contributed by atoms with Crippen LogP contribution in [0.3, 0.4) is 0 Å². The highest BCUT2D eigenvalue weighted by atomic mass is 16.7. The molecule has 2 rings (SSSR count). The van der Waals surface area contributed by atoms with E-state index in [4.69, 9.17) is 18.9 Å². The fourth-order valence-electron chi connectivity index (χ4n) is 10.2. The van der Waals surface area contributed by atoms with Crippen molar-refractivity contribution < 1.29 is 64.6 Å². The molecule has 0 bridgehead atoms. The third kappa shape index (κ3) is 30.4. The Labute approximate surface area is 432 Å². The summed E-state index contributed by atoms with van der Waals surface area (Å²) in [4.78, 5) is 13.2. The van der Waals surface area contributed by atoms with Gasteiger partial charge in [-0.25, -0.2) is 0 Å². The van der Waals surface area contributed by atoms with Crippen LogP contribution in [0.25, 0.3) is 0 Å². The molecule has 0 aromatic heterocycles. The van der Waals surface area contributed by atoms with Crippen LogP contribution in [-0.2, 0) is 23.7 Å². The van der Waals surface area contributed by atoms with Crippen molar-refractivity contribution in [3.63, 3.8) is 0 Å². The van der Waals surface area contributed by atoms with Crippen molar-refractivity contribution >= 4 is 5.91 Å². The number of unbranched alkanes of at least 4 members (excludes halogenated alkanes) is 35. The molecule has 2 saturated heterocycles. The summed E-state index contributed by atoms with van der Waals surface area (Å²) in [5, 5.41) is 86.9. The zero-order valence-corrected chi connectivity index (χ0v) is 45.2. The molecule has 2 heterocycles. The number of carbonyl (C=O) groups excluding carboxylic acids is 1. The molecular formula is C57H111NO13. The van der Waals surface area contributed by atoms with Crippen molar-refractivity contribution in [2.24, 2.45) is 0 Å². The highest BCUT2D eigenvalue weighted by Gasteiger charge is 2.51. The van der Waals surface area contributed by atoms with E-state index in [1.165, 1.54) is 186 Å². The molecule has 0 saturated carbocycles. The van der Waals surface area contributed by atoms with E-state index in [0.717, 1.165) is 51.4 Å². The zero-order valence-electron chi connectivity index (χ0n) is 45.2. The largest absolute Gasteiger partial charge is 0.394 e. The number of carbonyl (C=O) groups is 1. The Morgan fingerprint density at radius 2 is 0.803 bits per heavy atom. The minimum Gasteiger partial charge on any atom is -0.394 e. The Morgan fingerprint density at radius 3 is 1.20 bits per heavy atom. The third-order valence-electron chi connectivity index (χ3n) is 15.1. The van der Waals surface area contributed by atoms with Crippen LogP contribution in [0.1, 0.15) is 264 Å². The van der Waals surface area contributed by atoms with Crippen LogP contribution in [0.4, 0.5) is 0 Å². The van der Waals surface area contributed by atoms with E-state index in [0.29, 0.717) is 12.8 Å². The lowest BCUT2D eigenvalue weighted by molar-refractivity contribution is -0.359. The van der Waals surface area contributed by atoms with Gasteiger partial charge >= 0.3 is 0 Å². The smallest absolute Gasteiger partial charge is 0.220 e. The molecule has 71 heavy (non-hydrogen) atoms. The van der Waals surface area contributed by atoms with Crippen LogP contribution in [0.2, 0.25) is 0 Å². The van der Waals surface area contributed by atoms with Gasteiger partial charge in [0.15, 0.2) is 12.6 Å². The second kappa shape index (κ2) is 44.2. The van der Waals surface area contributed by atoms with E-state index in [2.05, 4.69) is 19.2 Å². The summed E-state index contributed by atoms with van der Waals surface area (Å²) in [6, 6.07) is -0.820. The maximum absolute atomic E-state index is 13.2. The molecule has 0 radical (unpaired) electrons. The average Bonchev–Trinajstić information content (AvgIpc) is 3.37. The van der Waals surface area contributed by atoms with Crippen molar-refractivity contribution in [1.82, 2.24) is 5.32 Å². The number of hydrogen-bond donors (Lipinski definition) is 9. The lowest BCUT2D eigenvalue weighted by Crippen LogP contribution is -2.65. The lowest BCUT2D eigenvalue weighted by Gasteiger charge is -2.46. The number of amides is 1. The summed E-state index contributed by atoms with van der Waals surface area (Å²) in [6.45, 7) is 2.86. The topological polar surface area (TPSA) is 228 Å². The van der Waals surface area contributed by atoms with Crippen LogP contribution in [-0.4, -0.2) is 140 Å². The van der Waals surface area contributed by atoms with Gasteiger partial charge in [-0.1, -0.05) is 245 Å². The monoisotopic (exact) mass is 1020 g/mol. The third-order valence-corrected chi connectivity index (χ3v) is 15.1. The Balaban J connectivity index is 1.63. The van der Waals surface area contributed by atoms with Crippen LogP contribution >= 0.6 is 0 Å². The molecule has 2 fully saturated rings. The van der Waals surface area contributed by atoms with Crippen molar-refractivity contribution in [2.45, 2.75) is 338 Å². The predicted octanol–water partition coefficient (Wildman–Crippen LogP) is 9.73. The van der Waals surface area contributed by atoms with Crippen LogP contribution < -0.4 is 5.32 Å². The summed E-state index contributed by atoms with van der Waals surface area (Å²) in [5.41, 5.74) is 0. The Hall–Kier alpha value is -1.01. The maximum Gasteiger partial charge on any atom is 0.220 e. The van der Waals surface area contributed by atoms with Crippen molar-refractivity contribution in [1.29, 1.82) is 0 Å². The standard InChI is InChI=1S/C57H111NO13/c1-3-5-7-9-11-13-14-15-16-17-18-19-20-21-22-23-24-25-26-27-28-29-30-31-33-35-37-39-41-49(62)58-45(46(61)40-38-36-34-32-12-10-8-6-4-2)44-68-56-54(67)52(65)55(48(43-60)70-56)71-57-53(66)51(64)50(63)47(42-59)69-57/h45-48,50-57,59-61,63-67H,3-44H2,1-2H3,(H,58,62). The molecule has 12 unspecified atom stereocenters. The first-order valence-corrected chi connectivity index (χ1v) is 29.8. The van der Waals surface area contributed by atoms with E-state index >= 15 is 0 Å². The molecule has 422 valence electrons. The van der Waals surface area contributed by atoms with Gasteiger partial charge in [0.25, 0.3) is 0 Å². The normalized spacial score (nSPS) is 25.7. The first kappa shape index (κ1) is 66.1. The molecular weight excluding hydrogens is 907 g/mol. The molecule has 0 aliphatic carbocycles. The Bertz CT molecular complexity index is 1200. The van der Waals surface area contributed by atoms with E-state index in [1.54, 1.807) is 0 Å². The summed E-state index contributed by atoms with van der Waals surface area (Å²) < 4.78 is 22.8. The summed E-state index contributed by atoms with van der Waals surface area (Å²) >= 11 is 0. The summed E-state index contributed by atoms with van der Waals surface area (Å²) in [7, 11) is 0. The molecule has 12 atom stereocenters. The second-order valence-corrected chi connectivity index (χ2v) is 21.5. The highest BCUT2D eigenvalue weighted by Crippen LogP contribution is 2.30. The van der Waals surface area contributed by atoms with Crippen LogP contribution in [0, 0.1) is 0 Å². The van der Waals surface area contributed by atoms with Crippen LogP contribution in [0.5, 0.6) is 0 Å². The van der Waals surface area contributed by atoms with Gasteiger partial charge < -0.3 is 65.1 Å². The predicted molar refractivity (Wildman–Crippen MR) is 282 cm³/mol. The summed E-state index contributed by atoms with van der Waals surface area (Å²) in [5.74, 6) is -0.203. The molecule has 9 N–H and O–H groups in total. The van der Waals surface area contributed by atoms with E-state index in [-0.39, 0.29) is 12.5 Å². The number of aliphatic hydroxyl groups is 8. The van der Waals surface area contributed by atoms with Gasteiger partial charge in [0.05, 0.1) is 32.0 Å². The van der Waals surface area contributed by atoms with E-state index in [1.807, 2.05) is 0 Å². The average molecular weight is 1020 g/mol. The molecule has 14 heteroatoms. The number of ether oxygens (including phenoxy) is 4. The molecule has 0 aromatic rings. The van der Waals surface area contributed by atoms with Crippen molar-refractivity contribution in [3.8, 4) is 0 Å². The Kier molecular flexibility index (Phi) is 41.1. The second-order valence-electron chi connectivity index (χ2n) is 21.5. The number of hydrogen-bond acceptors (Lipinski definition) is 13. The molecule has 0 aromatic carbocycles. The zero-order chi connectivity index (χ0) is 51.7. The quantitative estimate of drug-likeness (QED) is 0.0259.